The van der Waals surface area contributed by atoms with Gasteiger partial charge in [-0.15, -0.1) is 0 Å². The van der Waals surface area contributed by atoms with E-state index in [9.17, 15) is 25.9 Å². The highest BCUT2D eigenvalue weighted by Gasteiger charge is 2.38. The molecule has 2 unspecified atom stereocenters. The van der Waals surface area contributed by atoms with E-state index in [-0.39, 0.29) is 36.2 Å². The van der Waals surface area contributed by atoms with Gasteiger partial charge in [0.25, 0.3) is 20.2 Å². The van der Waals surface area contributed by atoms with Gasteiger partial charge < -0.3 is 9.32 Å². The molecule has 0 spiro atoms. The zero-order chi connectivity index (χ0) is 30.9. The van der Waals surface area contributed by atoms with Gasteiger partial charge >= 0.3 is 5.89 Å². The predicted octanol–water partition coefficient (Wildman–Crippen LogP) is 5.84. The molecule has 0 amide bonds. The molecule has 0 radical (unpaired) electrons. The smallest absolute Gasteiger partial charge is 0.374 e. The molecule has 0 bridgehead atoms. The largest absolute Gasteiger partial charge is 0.398 e. The highest BCUT2D eigenvalue weighted by molar-refractivity contribution is 8.03. The zero-order valence-electron chi connectivity index (χ0n) is 24.4. The number of hydrogen-bond acceptors (Lipinski definition) is 7. The SMILES string of the molecule is CCC(=Cc1oc2c([n+]1CCCS(=O)(=O)O)C1C=CC=CC1C=C2)C=C1Sc2cc(C)c(C)cc2N1CCCS(=O)(=O)O. The molecule has 2 aliphatic carbocycles. The molecule has 1 aromatic heterocycles. The van der Waals surface area contributed by atoms with Crippen molar-refractivity contribution in [3.05, 3.63) is 87.7 Å². The predicted molar refractivity (Wildman–Crippen MR) is 170 cm³/mol. The Kier molecular flexibility index (Phi) is 9.24. The summed E-state index contributed by atoms with van der Waals surface area (Å²) in [5.74, 6) is 0.868. The number of allylic oxidation sites excluding steroid dienone is 7. The van der Waals surface area contributed by atoms with E-state index in [1.165, 1.54) is 5.56 Å². The van der Waals surface area contributed by atoms with Crippen LogP contribution in [0.1, 0.15) is 60.6 Å². The topological polar surface area (TPSA) is 129 Å². The summed E-state index contributed by atoms with van der Waals surface area (Å²) in [5.41, 5.74) is 5.25. The number of benzene rings is 1. The molecule has 0 saturated carbocycles. The van der Waals surface area contributed by atoms with Gasteiger partial charge in [-0.2, -0.15) is 21.4 Å². The first-order chi connectivity index (χ1) is 20.3. The zero-order valence-corrected chi connectivity index (χ0v) is 26.9. The highest BCUT2D eigenvalue weighted by atomic mass is 32.2. The number of nitrogens with zero attached hydrogens (tertiary/aromatic N) is 2. The summed E-state index contributed by atoms with van der Waals surface area (Å²) in [5, 5.41) is 0.943. The fourth-order valence-corrected chi connectivity index (χ4v) is 7.85. The first-order valence-electron chi connectivity index (χ1n) is 14.3. The molecule has 0 saturated heterocycles. The number of hydrogen-bond donors (Lipinski definition) is 2. The molecule has 2 aromatic rings. The monoisotopic (exact) mass is 645 g/mol. The van der Waals surface area contributed by atoms with Gasteiger partial charge in [-0.3, -0.25) is 9.11 Å². The standard InChI is InChI=1S/C31H36N2O7S3/c1-4-23(20-30-32(13-7-15-42(34,35)36)26-17-21(2)22(3)18-28(26)41-30)19-29-33(14-8-16-43(37,38)39)31-25-10-6-5-9-24(25)11-12-27(31)40-29/h5-6,9-12,17-20,24-25H,4,7-8,13-16H2,1-3H3,(H-,34,35,36,37,38,39)/p+1. The summed E-state index contributed by atoms with van der Waals surface area (Å²) < 4.78 is 72.9. The Hall–Kier alpha value is -2.90. The molecule has 43 heavy (non-hydrogen) atoms. The maximum Gasteiger partial charge on any atom is 0.374 e. The van der Waals surface area contributed by atoms with E-state index in [2.05, 4.69) is 48.3 Å². The van der Waals surface area contributed by atoms with Crippen molar-refractivity contribution >= 4 is 49.8 Å². The van der Waals surface area contributed by atoms with Crippen LogP contribution in [0.25, 0.3) is 12.2 Å². The van der Waals surface area contributed by atoms with Crippen LogP contribution >= 0.6 is 11.8 Å². The minimum Gasteiger partial charge on any atom is -0.398 e. The van der Waals surface area contributed by atoms with Crippen molar-refractivity contribution in [3.63, 3.8) is 0 Å². The van der Waals surface area contributed by atoms with Gasteiger partial charge in [0.05, 0.1) is 34.2 Å². The molecule has 9 nitrogen and oxygen atoms in total. The van der Waals surface area contributed by atoms with Crippen molar-refractivity contribution in [1.29, 1.82) is 0 Å². The number of aryl methyl sites for hydroxylation is 2. The van der Waals surface area contributed by atoms with Gasteiger partial charge in [0.1, 0.15) is 0 Å². The molecule has 3 aliphatic rings. The fraction of sp³-hybridized carbons (Fsp3) is 0.387. The Bertz CT molecular complexity index is 1780. The van der Waals surface area contributed by atoms with Gasteiger partial charge in [0.15, 0.2) is 6.54 Å². The van der Waals surface area contributed by atoms with Crippen molar-refractivity contribution < 1.29 is 34.9 Å². The Morgan fingerprint density at radius 2 is 1.72 bits per heavy atom. The number of fused-ring (bicyclic) bond motifs is 4. The third-order valence-electron chi connectivity index (χ3n) is 7.93. The van der Waals surface area contributed by atoms with Crippen molar-refractivity contribution in [2.45, 2.75) is 57.4 Å². The highest BCUT2D eigenvalue weighted by Crippen LogP contribution is 2.47. The Morgan fingerprint density at radius 1 is 1.02 bits per heavy atom. The van der Waals surface area contributed by atoms with Crippen LogP contribution in [-0.2, 0) is 26.8 Å². The van der Waals surface area contributed by atoms with E-state index >= 15 is 0 Å². The Labute approximate surface area is 257 Å². The Morgan fingerprint density at radius 3 is 2.44 bits per heavy atom. The first kappa shape index (κ1) is 31.5. The normalized spacial score (nSPS) is 20.5. The van der Waals surface area contributed by atoms with Crippen molar-refractivity contribution in [2.24, 2.45) is 5.92 Å². The summed E-state index contributed by atoms with van der Waals surface area (Å²) in [4.78, 5) is 3.18. The molecule has 1 aromatic carbocycles. The van der Waals surface area contributed by atoms with Crippen LogP contribution in [0.5, 0.6) is 0 Å². The van der Waals surface area contributed by atoms with Crippen molar-refractivity contribution in [2.75, 3.05) is 23.0 Å². The van der Waals surface area contributed by atoms with E-state index in [0.717, 1.165) is 38.2 Å². The molecular weight excluding hydrogens is 609 g/mol. The lowest BCUT2D eigenvalue weighted by Gasteiger charge is -2.21. The summed E-state index contributed by atoms with van der Waals surface area (Å²) in [6.07, 6.45) is 17.6. The summed E-state index contributed by atoms with van der Waals surface area (Å²) in [6, 6.07) is 4.25. The van der Waals surface area contributed by atoms with Gasteiger partial charge in [0, 0.05) is 23.8 Å². The number of aromatic nitrogens is 1. The summed E-state index contributed by atoms with van der Waals surface area (Å²) in [6.45, 7) is 6.93. The third kappa shape index (κ3) is 7.43. The van der Waals surface area contributed by atoms with Crippen LogP contribution < -0.4 is 9.47 Å². The van der Waals surface area contributed by atoms with E-state index in [1.807, 2.05) is 42.7 Å². The molecule has 5 rings (SSSR count). The van der Waals surface area contributed by atoms with Crippen LogP contribution in [0.4, 0.5) is 5.69 Å². The lowest BCUT2D eigenvalue weighted by Crippen LogP contribution is -2.42. The molecule has 2 heterocycles. The Balaban J connectivity index is 1.53. The minimum atomic E-state index is -4.10. The molecular formula is C31H37N2O7S3+. The van der Waals surface area contributed by atoms with Crippen LogP contribution in [-0.4, -0.2) is 44.0 Å². The maximum atomic E-state index is 11.5. The lowest BCUT2D eigenvalue weighted by molar-refractivity contribution is -0.709. The van der Waals surface area contributed by atoms with Crippen LogP contribution in [0.3, 0.4) is 0 Å². The van der Waals surface area contributed by atoms with Gasteiger partial charge in [-0.05, 0) is 67.7 Å². The third-order valence-corrected chi connectivity index (χ3v) is 10.6. The quantitative estimate of drug-likeness (QED) is 0.229. The molecule has 2 N–H and O–H groups in total. The van der Waals surface area contributed by atoms with Crippen LogP contribution in [0.15, 0.2) is 68.5 Å². The second-order valence-corrected chi connectivity index (χ2v) is 15.3. The first-order valence-corrected chi connectivity index (χ1v) is 18.4. The molecule has 2 atom stereocenters. The maximum absolute atomic E-state index is 11.5. The van der Waals surface area contributed by atoms with Gasteiger partial charge in [-0.1, -0.05) is 49.1 Å². The molecule has 0 fully saturated rings. The van der Waals surface area contributed by atoms with Crippen LogP contribution in [0.2, 0.25) is 0 Å². The average molecular weight is 646 g/mol. The molecule has 12 heteroatoms. The molecule has 230 valence electrons. The fourth-order valence-electron chi connectivity index (χ4n) is 5.62. The van der Waals surface area contributed by atoms with E-state index in [1.54, 1.807) is 11.8 Å². The van der Waals surface area contributed by atoms with Crippen molar-refractivity contribution in [1.82, 2.24) is 0 Å². The lowest BCUT2D eigenvalue weighted by atomic mass is 9.81. The second-order valence-electron chi connectivity index (χ2n) is 11.1. The van der Waals surface area contributed by atoms with E-state index in [4.69, 9.17) is 4.42 Å². The average Bonchev–Trinajstić information content (AvgIpc) is 3.44. The number of thioether (sulfide) groups is 1. The molecule has 1 aliphatic heterocycles. The van der Waals surface area contributed by atoms with Gasteiger partial charge in [0.2, 0.25) is 11.5 Å². The number of oxazole rings is 1. The van der Waals surface area contributed by atoms with Gasteiger partial charge in [-0.25, -0.2) is 0 Å². The van der Waals surface area contributed by atoms with E-state index < -0.39 is 20.2 Å². The number of anilines is 1. The van der Waals surface area contributed by atoms with E-state index in [0.29, 0.717) is 25.4 Å². The van der Waals surface area contributed by atoms with Crippen LogP contribution in [0, 0.1) is 19.8 Å². The summed E-state index contributed by atoms with van der Waals surface area (Å²) in [7, 11) is -8.18. The minimum absolute atomic E-state index is 0.0507. The summed E-state index contributed by atoms with van der Waals surface area (Å²) >= 11 is 1.62. The number of rotatable bonds is 11. The van der Waals surface area contributed by atoms with Crippen molar-refractivity contribution in [3.8, 4) is 0 Å². The second kappa shape index (κ2) is 12.6.